The summed E-state index contributed by atoms with van der Waals surface area (Å²) in [7, 11) is 0. The SMILES string of the molecule is C=C/C(=C\C=C/C)N(CC(=O)NO)Nc1c([N+](=O)[O-])cc(C(F)(F)F)cc1[N+](=O)[O-]. The Morgan fingerprint density at radius 3 is 2.17 bits per heavy atom. The maximum Gasteiger partial charge on any atom is 0.416 e. The molecule has 1 aromatic carbocycles. The minimum absolute atomic E-state index is 0.0557. The molecule has 1 aromatic rings. The number of anilines is 1. The van der Waals surface area contributed by atoms with Gasteiger partial charge in [0.2, 0.25) is 5.69 Å². The minimum Gasteiger partial charge on any atom is -0.289 e. The molecule has 3 N–H and O–H groups in total. The minimum atomic E-state index is -5.08. The number of amides is 1. The molecular weight excluding hydrogens is 415 g/mol. The second-order valence-electron chi connectivity index (χ2n) is 5.46. The van der Waals surface area contributed by atoms with Gasteiger partial charge in [-0.3, -0.25) is 40.7 Å². The van der Waals surface area contributed by atoms with Crippen molar-refractivity contribution in [1.29, 1.82) is 0 Å². The zero-order valence-corrected chi connectivity index (χ0v) is 15.3. The van der Waals surface area contributed by atoms with E-state index in [0.717, 1.165) is 5.01 Å². The Bertz CT molecular complexity index is 878. The number of rotatable bonds is 9. The third-order valence-corrected chi connectivity index (χ3v) is 3.47. The molecule has 0 bridgehead atoms. The molecule has 0 heterocycles. The lowest BCUT2D eigenvalue weighted by Gasteiger charge is -2.26. The number of hydrazine groups is 1. The second-order valence-corrected chi connectivity index (χ2v) is 5.46. The fourth-order valence-corrected chi connectivity index (χ4v) is 2.15. The molecule has 0 aliphatic carbocycles. The van der Waals surface area contributed by atoms with E-state index < -0.39 is 51.1 Å². The number of nitrogens with zero attached hydrogens (tertiary/aromatic N) is 3. The number of nitro benzene ring substituents is 2. The molecule has 0 saturated carbocycles. The summed E-state index contributed by atoms with van der Waals surface area (Å²) in [4.78, 5) is 31.8. The number of nitrogens with one attached hydrogen (secondary N) is 2. The molecule has 0 atom stereocenters. The Labute approximate surface area is 167 Å². The zero-order valence-electron chi connectivity index (χ0n) is 15.3. The Kier molecular flexibility index (Phi) is 8.04. The van der Waals surface area contributed by atoms with Gasteiger partial charge in [-0.1, -0.05) is 18.7 Å². The lowest BCUT2D eigenvalue weighted by Crippen LogP contribution is -2.38. The summed E-state index contributed by atoms with van der Waals surface area (Å²) < 4.78 is 39.1. The summed E-state index contributed by atoms with van der Waals surface area (Å²) in [5.74, 6) is -1.03. The highest BCUT2D eigenvalue weighted by molar-refractivity contribution is 5.79. The molecule has 0 fully saturated rings. The first kappa shape index (κ1) is 24.1. The monoisotopic (exact) mass is 431 g/mol. The topological polar surface area (TPSA) is 151 Å². The average Bonchev–Trinajstić information content (AvgIpc) is 2.66. The molecule has 0 spiro atoms. The van der Waals surface area contributed by atoms with Gasteiger partial charge in [-0.15, -0.1) is 0 Å². The van der Waals surface area contributed by atoms with Crippen molar-refractivity contribution in [2.24, 2.45) is 0 Å². The van der Waals surface area contributed by atoms with Crippen molar-refractivity contribution in [1.82, 2.24) is 10.5 Å². The van der Waals surface area contributed by atoms with Gasteiger partial charge < -0.3 is 0 Å². The molecule has 14 heteroatoms. The van der Waals surface area contributed by atoms with Gasteiger partial charge in [-0.05, 0) is 19.1 Å². The van der Waals surface area contributed by atoms with Gasteiger partial charge >= 0.3 is 17.6 Å². The van der Waals surface area contributed by atoms with Gasteiger partial charge in [0, 0.05) is 12.1 Å². The largest absolute Gasteiger partial charge is 0.416 e. The van der Waals surface area contributed by atoms with Crippen molar-refractivity contribution in [3.63, 3.8) is 0 Å². The number of hydroxylamine groups is 1. The molecule has 1 amide bonds. The normalized spacial score (nSPS) is 11.8. The van der Waals surface area contributed by atoms with Crippen LogP contribution in [0.25, 0.3) is 0 Å². The fraction of sp³-hybridized carbons (Fsp3) is 0.188. The van der Waals surface area contributed by atoms with Crippen molar-refractivity contribution < 1.29 is 33.0 Å². The summed E-state index contributed by atoms with van der Waals surface area (Å²) in [5, 5.41) is 32.2. The van der Waals surface area contributed by atoms with Crippen LogP contribution in [0.15, 0.2) is 48.7 Å². The molecule has 0 aromatic heterocycles. The number of nitro groups is 2. The van der Waals surface area contributed by atoms with Crippen LogP contribution in [0.4, 0.5) is 30.2 Å². The van der Waals surface area contributed by atoms with E-state index in [4.69, 9.17) is 5.21 Å². The molecule has 0 unspecified atom stereocenters. The molecule has 162 valence electrons. The van der Waals surface area contributed by atoms with Crippen molar-refractivity contribution in [2.45, 2.75) is 13.1 Å². The van der Waals surface area contributed by atoms with Crippen LogP contribution in [0.5, 0.6) is 0 Å². The molecular formula is C16H16F3N5O6. The number of benzene rings is 1. The fourth-order valence-electron chi connectivity index (χ4n) is 2.15. The number of halogens is 3. The second kappa shape index (κ2) is 10.0. The van der Waals surface area contributed by atoms with Crippen LogP contribution >= 0.6 is 0 Å². The maximum absolute atomic E-state index is 13.0. The summed E-state index contributed by atoms with van der Waals surface area (Å²) in [5.41, 5.74) is -1.42. The molecule has 0 aliphatic rings. The third-order valence-electron chi connectivity index (χ3n) is 3.47. The van der Waals surface area contributed by atoms with Crippen LogP contribution in [0.1, 0.15) is 12.5 Å². The van der Waals surface area contributed by atoms with Crippen molar-refractivity contribution in [3.05, 3.63) is 74.5 Å². The Hall–Kier alpha value is -3.94. The van der Waals surface area contributed by atoms with Crippen LogP contribution in [0.3, 0.4) is 0 Å². The Balaban J connectivity index is 3.71. The van der Waals surface area contributed by atoms with E-state index in [9.17, 15) is 38.2 Å². The molecule has 1 rings (SSSR count). The smallest absolute Gasteiger partial charge is 0.289 e. The average molecular weight is 431 g/mol. The van der Waals surface area contributed by atoms with Crippen LogP contribution < -0.4 is 10.9 Å². The summed E-state index contributed by atoms with van der Waals surface area (Å²) in [6.45, 7) is 4.38. The van der Waals surface area contributed by atoms with Gasteiger partial charge in [-0.2, -0.15) is 13.2 Å². The van der Waals surface area contributed by atoms with Crippen molar-refractivity contribution in [3.8, 4) is 0 Å². The lowest BCUT2D eigenvalue weighted by atomic mass is 10.1. The molecule has 0 saturated heterocycles. The first-order valence-electron chi connectivity index (χ1n) is 7.92. The summed E-state index contributed by atoms with van der Waals surface area (Å²) >= 11 is 0. The van der Waals surface area contributed by atoms with Gasteiger partial charge in [-0.25, -0.2) is 5.48 Å². The lowest BCUT2D eigenvalue weighted by molar-refractivity contribution is -0.392. The summed E-state index contributed by atoms with van der Waals surface area (Å²) in [6.07, 6.45) is 0.476. The Morgan fingerprint density at radius 2 is 1.80 bits per heavy atom. The van der Waals surface area contributed by atoms with Crippen LogP contribution in [-0.2, 0) is 11.0 Å². The Morgan fingerprint density at radius 1 is 1.27 bits per heavy atom. The maximum atomic E-state index is 13.0. The van der Waals surface area contributed by atoms with Gasteiger partial charge in [0.25, 0.3) is 5.91 Å². The van der Waals surface area contributed by atoms with Crippen LogP contribution in [0, 0.1) is 20.2 Å². The number of carbonyl (C=O) groups excluding carboxylic acids is 1. The van der Waals surface area contributed by atoms with Crippen LogP contribution in [-0.4, -0.2) is 32.5 Å². The van der Waals surface area contributed by atoms with E-state index in [2.05, 4.69) is 12.0 Å². The van der Waals surface area contributed by atoms with E-state index in [1.54, 1.807) is 13.0 Å². The quantitative estimate of drug-likeness (QED) is 0.233. The predicted molar refractivity (Wildman–Crippen MR) is 98.1 cm³/mol. The molecule has 11 nitrogen and oxygen atoms in total. The number of allylic oxidation sites excluding steroid dienone is 4. The molecule has 0 aliphatic heterocycles. The summed E-state index contributed by atoms with van der Waals surface area (Å²) in [6, 6.07) is 0.256. The van der Waals surface area contributed by atoms with Crippen LogP contribution in [0.2, 0.25) is 0 Å². The predicted octanol–water partition coefficient (Wildman–Crippen LogP) is 3.30. The number of alkyl halides is 3. The van der Waals surface area contributed by atoms with Crippen molar-refractivity contribution in [2.75, 3.05) is 12.0 Å². The number of carbonyl (C=O) groups is 1. The standard InChI is InChI=1S/C16H16F3N5O6/c1-3-5-6-11(4-2)22(9-14(25)21-26)20-15-12(23(27)28)7-10(16(17,18)19)8-13(15)24(29)30/h3-8,20,26H,2,9H2,1H3,(H,21,25)/b5-3-,11-6+. The van der Waals surface area contributed by atoms with Gasteiger partial charge in [0.1, 0.15) is 6.54 Å². The van der Waals surface area contributed by atoms with E-state index in [0.29, 0.717) is 0 Å². The highest BCUT2D eigenvalue weighted by Gasteiger charge is 2.38. The first-order valence-corrected chi connectivity index (χ1v) is 7.92. The highest BCUT2D eigenvalue weighted by Crippen LogP contribution is 2.41. The van der Waals surface area contributed by atoms with E-state index in [1.165, 1.54) is 23.7 Å². The number of hydrogen-bond acceptors (Lipinski definition) is 8. The van der Waals surface area contributed by atoms with E-state index in [1.807, 2.05) is 0 Å². The van der Waals surface area contributed by atoms with Gasteiger partial charge in [0.15, 0.2) is 0 Å². The molecule has 0 radical (unpaired) electrons. The first-order chi connectivity index (χ1) is 14.0. The number of hydrogen-bond donors (Lipinski definition) is 3. The third kappa shape index (κ3) is 6.03. The zero-order chi connectivity index (χ0) is 23.1. The molecule has 30 heavy (non-hydrogen) atoms. The van der Waals surface area contributed by atoms with E-state index in [-0.39, 0.29) is 17.8 Å². The highest BCUT2D eigenvalue weighted by atomic mass is 19.4. The van der Waals surface area contributed by atoms with Crippen molar-refractivity contribution >= 4 is 23.0 Å². The van der Waals surface area contributed by atoms with E-state index >= 15 is 0 Å². The van der Waals surface area contributed by atoms with Gasteiger partial charge in [0.05, 0.1) is 21.1 Å².